The topological polar surface area (TPSA) is 6.48 Å². The van der Waals surface area contributed by atoms with Crippen molar-refractivity contribution in [3.63, 3.8) is 0 Å². The van der Waals surface area contributed by atoms with Gasteiger partial charge in [-0.3, -0.25) is 4.90 Å². The van der Waals surface area contributed by atoms with Crippen LogP contribution in [0.3, 0.4) is 0 Å². The predicted molar refractivity (Wildman–Crippen MR) is 91.6 cm³/mol. The average Bonchev–Trinajstić information content (AvgIpc) is 2.46. The molecule has 0 saturated heterocycles. The Kier molecular flexibility index (Phi) is 6.72. The molecule has 1 aromatic rings. The number of hydrogen-bond acceptors (Lipinski definition) is 2. The lowest BCUT2D eigenvalue weighted by Crippen LogP contribution is -2.35. The first-order valence-corrected chi connectivity index (χ1v) is 8.56. The van der Waals surface area contributed by atoms with E-state index >= 15 is 0 Å². The van der Waals surface area contributed by atoms with E-state index in [2.05, 4.69) is 55.1 Å². The van der Waals surface area contributed by atoms with Crippen molar-refractivity contribution in [2.24, 2.45) is 5.92 Å². The lowest BCUT2D eigenvalue weighted by atomic mass is 9.89. The molecule has 1 saturated carbocycles. The van der Waals surface area contributed by atoms with Gasteiger partial charge in [0.1, 0.15) is 0 Å². The second-order valence-corrected chi connectivity index (χ2v) is 7.03. The number of nitrogens with zero attached hydrogens (tertiary/aromatic N) is 2. The highest BCUT2D eigenvalue weighted by molar-refractivity contribution is 5.22. The summed E-state index contributed by atoms with van der Waals surface area (Å²) in [7, 11) is 4.34. The first-order valence-electron chi connectivity index (χ1n) is 8.56. The second kappa shape index (κ2) is 8.55. The van der Waals surface area contributed by atoms with E-state index in [4.69, 9.17) is 0 Å². The van der Waals surface area contributed by atoms with Crippen LogP contribution in [-0.4, -0.2) is 43.5 Å². The first kappa shape index (κ1) is 16.5. The highest BCUT2D eigenvalue weighted by Gasteiger charge is 2.17. The van der Waals surface area contributed by atoms with Gasteiger partial charge < -0.3 is 4.90 Å². The van der Waals surface area contributed by atoms with E-state index in [0.29, 0.717) is 0 Å². The molecule has 1 aromatic carbocycles. The Balaban J connectivity index is 1.93. The average molecular weight is 288 g/mol. The van der Waals surface area contributed by atoms with Crippen molar-refractivity contribution in [1.29, 1.82) is 0 Å². The van der Waals surface area contributed by atoms with Gasteiger partial charge in [0, 0.05) is 26.2 Å². The molecule has 1 aliphatic rings. The summed E-state index contributed by atoms with van der Waals surface area (Å²) in [6, 6.07) is 8.99. The van der Waals surface area contributed by atoms with E-state index in [0.717, 1.165) is 19.0 Å². The lowest BCUT2D eigenvalue weighted by molar-refractivity contribution is 0.179. The van der Waals surface area contributed by atoms with E-state index in [1.807, 2.05) is 0 Å². The van der Waals surface area contributed by atoms with Crippen LogP contribution in [0.1, 0.15) is 43.2 Å². The van der Waals surface area contributed by atoms with Gasteiger partial charge in [-0.1, -0.05) is 49.1 Å². The van der Waals surface area contributed by atoms with Crippen LogP contribution in [0.4, 0.5) is 0 Å². The highest BCUT2D eigenvalue weighted by Crippen LogP contribution is 2.25. The van der Waals surface area contributed by atoms with Crippen molar-refractivity contribution in [3.05, 3.63) is 35.4 Å². The standard InChI is InChI=1S/C19H32N2/c1-17-8-7-11-19(14-17)16-21(13-12-20(2)3)15-18-9-5-4-6-10-18/h7-8,11,14,18H,4-6,9-10,12-13,15-16H2,1-3H3. The summed E-state index contributed by atoms with van der Waals surface area (Å²) in [5.74, 6) is 0.922. The Hall–Kier alpha value is -0.860. The van der Waals surface area contributed by atoms with Crippen LogP contribution in [0, 0.1) is 12.8 Å². The predicted octanol–water partition coefficient (Wildman–Crippen LogP) is 3.94. The van der Waals surface area contributed by atoms with E-state index in [-0.39, 0.29) is 0 Å². The molecule has 0 spiro atoms. The van der Waals surface area contributed by atoms with Gasteiger partial charge in [0.05, 0.1) is 0 Å². The van der Waals surface area contributed by atoms with Crippen LogP contribution in [-0.2, 0) is 6.54 Å². The smallest absolute Gasteiger partial charge is 0.0234 e. The molecule has 0 aromatic heterocycles. The Bertz CT molecular complexity index is 408. The molecule has 1 aliphatic carbocycles. The van der Waals surface area contributed by atoms with Gasteiger partial charge in [-0.15, -0.1) is 0 Å². The molecular weight excluding hydrogens is 256 g/mol. The van der Waals surface area contributed by atoms with Crippen molar-refractivity contribution in [2.45, 2.75) is 45.6 Å². The fraction of sp³-hybridized carbons (Fsp3) is 0.684. The molecule has 2 heteroatoms. The van der Waals surface area contributed by atoms with Crippen molar-refractivity contribution in [2.75, 3.05) is 33.7 Å². The summed E-state index contributed by atoms with van der Waals surface area (Å²) in [5, 5.41) is 0. The molecule has 0 amide bonds. The van der Waals surface area contributed by atoms with Crippen LogP contribution in [0.5, 0.6) is 0 Å². The number of hydrogen-bond donors (Lipinski definition) is 0. The minimum Gasteiger partial charge on any atom is -0.308 e. The van der Waals surface area contributed by atoms with Crippen molar-refractivity contribution < 1.29 is 0 Å². The molecule has 0 heterocycles. The SMILES string of the molecule is Cc1cccc(CN(CCN(C)C)CC2CCCCC2)c1. The number of benzene rings is 1. The number of rotatable bonds is 7. The molecule has 2 nitrogen and oxygen atoms in total. The van der Waals surface area contributed by atoms with Gasteiger partial charge in [-0.2, -0.15) is 0 Å². The van der Waals surface area contributed by atoms with E-state index < -0.39 is 0 Å². The molecule has 0 unspecified atom stereocenters. The highest BCUT2D eigenvalue weighted by atomic mass is 15.2. The minimum absolute atomic E-state index is 0.922. The summed E-state index contributed by atoms with van der Waals surface area (Å²) in [6.45, 7) is 6.90. The Labute approximate surface area is 131 Å². The third-order valence-electron chi connectivity index (χ3n) is 4.59. The van der Waals surface area contributed by atoms with Crippen molar-refractivity contribution in [3.8, 4) is 0 Å². The molecule has 0 radical (unpaired) electrons. The maximum atomic E-state index is 2.67. The van der Waals surface area contributed by atoms with Gasteiger partial charge in [0.25, 0.3) is 0 Å². The zero-order valence-corrected chi connectivity index (χ0v) is 14.1. The third-order valence-corrected chi connectivity index (χ3v) is 4.59. The molecule has 1 fully saturated rings. The normalized spacial score (nSPS) is 16.8. The van der Waals surface area contributed by atoms with Crippen LogP contribution in [0.15, 0.2) is 24.3 Å². The summed E-state index contributed by atoms with van der Waals surface area (Å²) < 4.78 is 0. The molecule has 2 rings (SSSR count). The molecule has 0 aliphatic heterocycles. The van der Waals surface area contributed by atoms with Crippen LogP contribution in [0.2, 0.25) is 0 Å². The monoisotopic (exact) mass is 288 g/mol. The molecule has 0 atom stereocenters. The second-order valence-electron chi connectivity index (χ2n) is 7.03. The zero-order valence-electron chi connectivity index (χ0n) is 14.1. The molecular formula is C19H32N2. The van der Waals surface area contributed by atoms with Crippen molar-refractivity contribution in [1.82, 2.24) is 9.80 Å². The van der Waals surface area contributed by atoms with Crippen LogP contribution in [0.25, 0.3) is 0 Å². The maximum Gasteiger partial charge on any atom is 0.0234 e. The third kappa shape index (κ3) is 6.19. The van der Waals surface area contributed by atoms with Gasteiger partial charge in [0.2, 0.25) is 0 Å². The lowest BCUT2D eigenvalue weighted by Gasteiger charge is -2.30. The summed E-state index contributed by atoms with van der Waals surface area (Å²) in [6.07, 6.45) is 7.21. The zero-order chi connectivity index (χ0) is 15.1. The van der Waals surface area contributed by atoms with Gasteiger partial charge in [-0.05, 0) is 45.3 Å². The van der Waals surface area contributed by atoms with Crippen molar-refractivity contribution >= 4 is 0 Å². The minimum atomic E-state index is 0.922. The number of likely N-dealkylation sites (N-methyl/N-ethyl adjacent to an activating group) is 1. The van der Waals surface area contributed by atoms with E-state index in [1.54, 1.807) is 0 Å². The quantitative estimate of drug-likeness (QED) is 0.750. The summed E-state index contributed by atoms with van der Waals surface area (Å²) in [5.41, 5.74) is 2.84. The first-order chi connectivity index (χ1) is 10.1. The van der Waals surface area contributed by atoms with Crippen LogP contribution < -0.4 is 0 Å². The fourth-order valence-corrected chi connectivity index (χ4v) is 3.38. The maximum absolute atomic E-state index is 2.67. The number of aryl methyl sites for hydroxylation is 1. The van der Waals surface area contributed by atoms with Crippen LogP contribution >= 0.6 is 0 Å². The Morgan fingerprint density at radius 2 is 1.81 bits per heavy atom. The molecule has 118 valence electrons. The largest absolute Gasteiger partial charge is 0.308 e. The van der Waals surface area contributed by atoms with E-state index in [1.165, 1.54) is 56.3 Å². The van der Waals surface area contributed by atoms with Gasteiger partial charge in [0.15, 0.2) is 0 Å². The molecule has 21 heavy (non-hydrogen) atoms. The Morgan fingerprint density at radius 3 is 2.48 bits per heavy atom. The fourth-order valence-electron chi connectivity index (χ4n) is 3.38. The molecule has 0 N–H and O–H groups in total. The van der Waals surface area contributed by atoms with E-state index in [9.17, 15) is 0 Å². The summed E-state index contributed by atoms with van der Waals surface area (Å²) in [4.78, 5) is 4.97. The van der Waals surface area contributed by atoms with Gasteiger partial charge >= 0.3 is 0 Å². The molecule has 0 bridgehead atoms. The Morgan fingerprint density at radius 1 is 1.05 bits per heavy atom. The summed E-state index contributed by atoms with van der Waals surface area (Å²) >= 11 is 0. The van der Waals surface area contributed by atoms with Gasteiger partial charge in [-0.25, -0.2) is 0 Å².